The summed E-state index contributed by atoms with van der Waals surface area (Å²) in [4.78, 5) is 25.9. The minimum Gasteiger partial charge on any atom is -0.508 e. The summed E-state index contributed by atoms with van der Waals surface area (Å²) in [5.41, 5.74) is 11.9. The first-order valence-corrected chi connectivity index (χ1v) is 15.3. The smallest absolute Gasteiger partial charge is 0.254 e. The average Bonchev–Trinajstić information content (AvgIpc) is 3.44. The summed E-state index contributed by atoms with van der Waals surface area (Å²) in [6.07, 6.45) is 4.43. The molecule has 2 aliphatic carbocycles. The number of nitrogens with zero attached hydrogens (tertiary/aromatic N) is 5. The number of ether oxygens (including phenoxy) is 2. The summed E-state index contributed by atoms with van der Waals surface area (Å²) >= 11 is 0. The fraction of sp³-hybridized carbons (Fsp3) is 0.382. The number of imidazole rings is 1. The monoisotopic (exact) mass is 592 g/mol. The number of hydrogen-bond donors (Lipinski definition) is 2. The number of pyridine rings is 1. The summed E-state index contributed by atoms with van der Waals surface area (Å²) in [6, 6.07) is 15.2. The van der Waals surface area contributed by atoms with Gasteiger partial charge in [-0.3, -0.25) is 4.79 Å². The second kappa shape index (κ2) is 9.99. The number of phenolic OH excluding ortho intramolecular Hbond substituents is 1. The van der Waals surface area contributed by atoms with Gasteiger partial charge in [-0.1, -0.05) is 0 Å². The van der Waals surface area contributed by atoms with Crippen LogP contribution in [0.2, 0.25) is 0 Å². The molecule has 0 radical (unpaired) electrons. The Balaban J connectivity index is 1.24. The van der Waals surface area contributed by atoms with E-state index >= 15 is 0 Å². The Bertz CT molecular complexity index is 1960. The molecule has 1 amide bonds. The third-order valence-corrected chi connectivity index (χ3v) is 9.89. The van der Waals surface area contributed by atoms with Crippen LogP contribution in [0.1, 0.15) is 36.0 Å². The minimum absolute atomic E-state index is 0.00992. The number of aromatic nitrogens is 4. The van der Waals surface area contributed by atoms with E-state index in [4.69, 9.17) is 25.2 Å². The highest BCUT2D eigenvalue weighted by molar-refractivity contribution is 6.00. The Hall–Kier alpha value is -4.57. The first kappa shape index (κ1) is 27.0. The van der Waals surface area contributed by atoms with Gasteiger partial charge in [0.15, 0.2) is 5.82 Å². The second-order valence-electron chi connectivity index (χ2n) is 12.6. The van der Waals surface area contributed by atoms with Crippen molar-refractivity contribution in [1.82, 2.24) is 24.0 Å². The molecule has 44 heavy (non-hydrogen) atoms. The van der Waals surface area contributed by atoms with Crippen molar-refractivity contribution in [1.29, 1.82) is 0 Å². The zero-order valence-corrected chi connectivity index (χ0v) is 25.2. The van der Waals surface area contributed by atoms with Crippen molar-refractivity contribution in [2.75, 3.05) is 20.8 Å². The van der Waals surface area contributed by atoms with E-state index in [0.29, 0.717) is 41.0 Å². The van der Waals surface area contributed by atoms with Crippen LogP contribution in [0, 0.1) is 11.8 Å². The van der Waals surface area contributed by atoms with Crippen molar-refractivity contribution in [3.63, 3.8) is 0 Å². The number of piperidine rings is 1. The Morgan fingerprint density at radius 3 is 2.52 bits per heavy atom. The van der Waals surface area contributed by atoms with Gasteiger partial charge in [-0.05, 0) is 80.0 Å². The lowest BCUT2D eigenvalue weighted by Gasteiger charge is -2.27. The van der Waals surface area contributed by atoms with Gasteiger partial charge in [-0.15, -0.1) is 0 Å². The summed E-state index contributed by atoms with van der Waals surface area (Å²) < 4.78 is 15.7. The van der Waals surface area contributed by atoms with E-state index in [-0.39, 0.29) is 23.7 Å². The average molecular weight is 593 g/mol. The maximum atomic E-state index is 13.7. The fourth-order valence-electron chi connectivity index (χ4n) is 7.36. The molecule has 2 saturated carbocycles. The number of aryl methyl sites for hydroxylation is 1. The van der Waals surface area contributed by atoms with Crippen LogP contribution >= 0.6 is 0 Å². The molecule has 2 bridgehead atoms. The molecule has 2 unspecified atom stereocenters. The van der Waals surface area contributed by atoms with Gasteiger partial charge in [0.05, 0.1) is 31.1 Å². The van der Waals surface area contributed by atoms with Crippen LogP contribution in [0.5, 0.6) is 17.2 Å². The van der Waals surface area contributed by atoms with Gasteiger partial charge in [0.25, 0.3) is 5.91 Å². The van der Waals surface area contributed by atoms with E-state index in [0.717, 1.165) is 58.7 Å². The van der Waals surface area contributed by atoms with Gasteiger partial charge in [-0.25, -0.2) is 9.97 Å². The Morgan fingerprint density at radius 2 is 1.82 bits per heavy atom. The molecule has 5 aromatic rings. The van der Waals surface area contributed by atoms with Gasteiger partial charge in [0.2, 0.25) is 0 Å². The Labute approximate surface area is 255 Å². The number of benzene rings is 2. The highest BCUT2D eigenvalue weighted by atomic mass is 16.5. The number of likely N-dealkylation sites (tertiary alicyclic amines) is 1. The Kier molecular flexibility index (Phi) is 6.13. The molecule has 3 aromatic heterocycles. The van der Waals surface area contributed by atoms with E-state index in [9.17, 15) is 9.90 Å². The molecular formula is C34H36N6O4. The van der Waals surface area contributed by atoms with E-state index in [1.807, 2.05) is 36.2 Å². The summed E-state index contributed by atoms with van der Waals surface area (Å²) in [6.45, 7) is 1.55. The number of aromatic hydroxyl groups is 1. The number of amides is 1. The number of nitrogens with two attached hydrogens (primary N) is 1. The highest BCUT2D eigenvalue weighted by Crippen LogP contribution is 2.41. The number of carbonyl (C=O) groups is 1. The van der Waals surface area contributed by atoms with Gasteiger partial charge < -0.3 is 34.3 Å². The number of methoxy groups -OCH3 is 2. The van der Waals surface area contributed by atoms with Gasteiger partial charge in [-0.2, -0.15) is 0 Å². The van der Waals surface area contributed by atoms with E-state index in [1.54, 1.807) is 26.4 Å². The van der Waals surface area contributed by atoms with Crippen molar-refractivity contribution in [2.45, 2.75) is 44.3 Å². The summed E-state index contributed by atoms with van der Waals surface area (Å²) in [5.74, 6) is 3.07. The molecule has 4 heterocycles. The lowest BCUT2D eigenvalue weighted by Crippen LogP contribution is -2.41. The fourth-order valence-corrected chi connectivity index (χ4v) is 7.36. The van der Waals surface area contributed by atoms with Crippen LogP contribution in [0.3, 0.4) is 0 Å². The number of phenols is 1. The molecule has 3 N–H and O–H groups in total. The summed E-state index contributed by atoms with van der Waals surface area (Å²) in [7, 11) is 5.22. The first-order chi connectivity index (χ1) is 21.3. The van der Waals surface area contributed by atoms with Crippen molar-refractivity contribution < 1.29 is 19.4 Å². The van der Waals surface area contributed by atoms with Crippen LogP contribution in [-0.2, 0) is 13.6 Å². The normalized spacial score (nSPS) is 21.1. The van der Waals surface area contributed by atoms with Crippen LogP contribution in [0.4, 0.5) is 0 Å². The van der Waals surface area contributed by atoms with E-state index in [2.05, 4.69) is 21.3 Å². The Morgan fingerprint density at radius 1 is 1.00 bits per heavy atom. The highest BCUT2D eigenvalue weighted by Gasteiger charge is 2.47. The summed E-state index contributed by atoms with van der Waals surface area (Å²) in [5, 5.41) is 11.0. The van der Waals surface area contributed by atoms with Crippen molar-refractivity contribution in [2.24, 2.45) is 24.6 Å². The molecule has 2 aromatic carbocycles. The van der Waals surface area contributed by atoms with E-state index in [1.165, 1.54) is 12.8 Å². The van der Waals surface area contributed by atoms with Gasteiger partial charge >= 0.3 is 0 Å². The zero-order chi connectivity index (χ0) is 30.3. The lowest BCUT2D eigenvalue weighted by atomic mass is 10.1. The SMILES string of the molecule is COc1cc(O)ccc1-c1ccc2cc(-c3nc4cc(C(=O)N5CC6CCC5[C@@H]6N)cc(OC)c4n3C)n(CC3CC3)c2n1. The number of hydrogen-bond acceptors (Lipinski definition) is 7. The predicted octanol–water partition coefficient (Wildman–Crippen LogP) is 4.95. The molecule has 3 atom stereocenters. The zero-order valence-electron chi connectivity index (χ0n) is 25.2. The number of rotatable bonds is 7. The molecule has 0 spiro atoms. The minimum atomic E-state index is -0.00992. The largest absolute Gasteiger partial charge is 0.508 e. The van der Waals surface area contributed by atoms with E-state index < -0.39 is 0 Å². The maximum Gasteiger partial charge on any atom is 0.254 e. The van der Waals surface area contributed by atoms with Crippen LogP contribution in [-0.4, -0.2) is 67.9 Å². The molecule has 1 saturated heterocycles. The van der Waals surface area contributed by atoms with Crippen LogP contribution in [0.15, 0.2) is 48.5 Å². The second-order valence-corrected chi connectivity index (χ2v) is 12.6. The first-order valence-electron chi connectivity index (χ1n) is 15.3. The molecule has 8 rings (SSSR count). The molecule has 10 nitrogen and oxygen atoms in total. The number of carbonyl (C=O) groups excluding carboxylic acids is 1. The molecule has 1 aliphatic heterocycles. The standard InChI is InChI=1S/C34H36N6O4/c1-38-31-25(12-21(14-29(31)44-3)34(42)40-17-20-7-11-26(40)30(20)35)37-33(38)27-13-19-6-10-24(23-9-8-22(41)15-28(23)43-2)36-32(19)39(27)16-18-4-5-18/h6,8-10,12-15,18,20,26,30,41H,4-5,7,11,16-17,35H2,1-3H3/t20?,26?,30-/m1/s1. The van der Waals surface area contributed by atoms with Crippen molar-refractivity contribution in [3.8, 4) is 40.0 Å². The lowest BCUT2D eigenvalue weighted by molar-refractivity contribution is 0.0700. The quantitative estimate of drug-likeness (QED) is 0.274. The molecule has 3 aliphatic rings. The van der Waals surface area contributed by atoms with Crippen molar-refractivity contribution in [3.05, 3.63) is 54.1 Å². The third kappa shape index (κ3) is 4.15. The predicted molar refractivity (Wildman–Crippen MR) is 168 cm³/mol. The third-order valence-electron chi connectivity index (χ3n) is 9.89. The van der Waals surface area contributed by atoms with Crippen molar-refractivity contribution >= 4 is 28.0 Å². The van der Waals surface area contributed by atoms with Crippen LogP contribution in [0.25, 0.3) is 44.8 Å². The maximum absolute atomic E-state index is 13.7. The topological polar surface area (TPSA) is 121 Å². The number of fused-ring (bicyclic) bond motifs is 4. The molecule has 10 heteroatoms. The van der Waals surface area contributed by atoms with Crippen LogP contribution < -0.4 is 15.2 Å². The molecule has 226 valence electrons. The molecule has 3 fully saturated rings. The van der Waals surface area contributed by atoms with Gasteiger partial charge in [0, 0.05) is 54.8 Å². The van der Waals surface area contributed by atoms with Gasteiger partial charge in [0.1, 0.15) is 28.4 Å². The molecular weight excluding hydrogens is 556 g/mol.